The maximum Gasteiger partial charge on any atom is 0.222 e. The highest BCUT2D eigenvalue weighted by atomic mass is 16.5. The summed E-state index contributed by atoms with van der Waals surface area (Å²) in [4.78, 5) is 14.6. The van der Waals surface area contributed by atoms with Gasteiger partial charge >= 0.3 is 0 Å². The van der Waals surface area contributed by atoms with Crippen molar-refractivity contribution in [2.75, 3.05) is 33.4 Å². The number of piperidine rings is 1. The average Bonchev–Trinajstić information content (AvgIpc) is 2.69. The molecule has 144 valence electrons. The van der Waals surface area contributed by atoms with Crippen molar-refractivity contribution in [2.45, 2.75) is 44.6 Å². The molecule has 26 heavy (non-hydrogen) atoms. The minimum atomic E-state index is -0.659. The second-order valence-electron chi connectivity index (χ2n) is 7.72. The van der Waals surface area contributed by atoms with Gasteiger partial charge in [0.1, 0.15) is 5.75 Å². The van der Waals surface area contributed by atoms with Gasteiger partial charge in [0.2, 0.25) is 5.91 Å². The summed E-state index contributed by atoms with van der Waals surface area (Å²) in [6, 6.07) is 7.87. The average molecular weight is 361 g/mol. The van der Waals surface area contributed by atoms with Gasteiger partial charge in [-0.2, -0.15) is 0 Å². The van der Waals surface area contributed by atoms with Gasteiger partial charge < -0.3 is 19.5 Å². The van der Waals surface area contributed by atoms with Crippen molar-refractivity contribution in [1.82, 2.24) is 4.90 Å². The van der Waals surface area contributed by atoms with Gasteiger partial charge in [-0.25, -0.2) is 0 Å². The SMILES string of the molecule is COc1cccc(CCC(=O)N2CC[C@@](O)(C3CCOCC3)C(C)C2)c1. The molecular formula is C21H31NO4. The first-order valence-electron chi connectivity index (χ1n) is 9.73. The topological polar surface area (TPSA) is 59.0 Å². The lowest BCUT2D eigenvalue weighted by atomic mass is 9.70. The van der Waals surface area contributed by atoms with Crippen LogP contribution in [0.25, 0.3) is 0 Å². The lowest BCUT2D eigenvalue weighted by Crippen LogP contribution is -2.56. The fourth-order valence-electron chi connectivity index (χ4n) is 4.41. The summed E-state index contributed by atoms with van der Waals surface area (Å²) >= 11 is 0. The number of hydrogen-bond donors (Lipinski definition) is 1. The van der Waals surface area contributed by atoms with E-state index in [2.05, 4.69) is 6.92 Å². The van der Waals surface area contributed by atoms with Gasteiger partial charge in [0.05, 0.1) is 12.7 Å². The highest BCUT2D eigenvalue weighted by Crippen LogP contribution is 2.39. The molecule has 1 N–H and O–H groups in total. The Kier molecular flexibility index (Phi) is 6.20. The van der Waals surface area contributed by atoms with E-state index in [4.69, 9.17) is 9.47 Å². The van der Waals surface area contributed by atoms with E-state index >= 15 is 0 Å². The molecule has 2 aliphatic heterocycles. The Morgan fingerprint density at radius 3 is 2.85 bits per heavy atom. The van der Waals surface area contributed by atoms with Gasteiger partial charge in [-0.05, 0) is 49.3 Å². The summed E-state index contributed by atoms with van der Waals surface area (Å²) in [5.41, 5.74) is 0.453. The fraction of sp³-hybridized carbons (Fsp3) is 0.667. The third-order valence-corrected chi connectivity index (χ3v) is 6.17. The van der Waals surface area contributed by atoms with E-state index in [1.807, 2.05) is 29.2 Å². The first kappa shape index (κ1) is 19.2. The number of amides is 1. The monoisotopic (exact) mass is 361 g/mol. The van der Waals surface area contributed by atoms with Crippen LogP contribution in [0.5, 0.6) is 5.75 Å². The molecule has 2 aliphatic rings. The van der Waals surface area contributed by atoms with Gasteiger partial charge in [0, 0.05) is 38.6 Å². The quantitative estimate of drug-likeness (QED) is 0.876. The van der Waals surface area contributed by atoms with Crippen LogP contribution in [0.3, 0.4) is 0 Å². The number of ether oxygens (including phenoxy) is 2. The van der Waals surface area contributed by atoms with Crippen molar-refractivity contribution in [1.29, 1.82) is 0 Å². The smallest absolute Gasteiger partial charge is 0.222 e. The second kappa shape index (κ2) is 8.40. The predicted molar refractivity (Wildman–Crippen MR) is 100 cm³/mol. The van der Waals surface area contributed by atoms with Crippen LogP contribution in [-0.2, 0) is 16.0 Å². The van der Waals surface area contributed by atoms with E-state index in [1.54, 1.807) is 7.11 Å². The van der Waals surface area contributed by atoms with Crippen molar-refractivity contribution < 1.29 is 19.4 Å². The molecule has 1 aromatic rings. The molecule has 0 spiro atoms. The van der Waals surface area contributed by atoms with E-state index in [1.165, 1.54) is 0 Å². The van der Waals surface area contributed by atoms with E-state index in [0.717, 1.165) is 37.4 Å². The predicted octanol–water partition coefficient (Wildman–Crippen LogP) is 2.65. The van der Waals surface area contributed by atoms with Crippen molar-refractivity contribution in [2.24, 2.45) is 11.8 Å². The molecule has 2 atom stereocenters. The summed E-state index contributed by atoms with van der Waals surface area (Å²) in [6.07, 6.45) is 3.72. The number of nitrogens with zero attached hydrogens (tertiary/aromatic N) is 1. The minimum Gasteiger partial charge on any atom is -0.497 e. The van der Waals surface area contributed by atoms with Crippen LogP contribution in [0.15, 0.2) is 24.3 Å². The Morgan fingerprint density at radius 1 is 1.38 bits per heavy atom. The number of carbonyl (C=O) groups is 1. The maximum atomic E-state index is 12.7. The third-order valence-electron chi connectivity index (χ3n) is 6.17. The molecule has 0 aromatic heterocycles. The Labute approximate surface area is 156 Å². The number of benzene rings is 1. The summed E-state index contributed by atoms with van der Waals surface area (Å²) in [5.74, 6) is 1.39. The number of aliphatic hydroxyl groups is 1. The van der Waals surface area contributed by atoms with Gasteiger partial charge in [0.15, 0.2) is 0 Å². The number of methoxy groups -OCH3 is 1. The zero-order valence-corrected chi connectivity index (χ0v) is 15.9. The minimum absolute atomic E-state index is 0.0973. The molecule has 5 heteroatoms. The number of rotatable bonds is 5. The second-order valence-corrected chi connectivity index (χ2v) is 7.72. The van der Waals surface area contributed by atoms with Crippen molar-refractivity contribution >= 4 is 5.91 Å². The van der Waals surface area contributed by atoms with Crippen LogP contribution in [-0.4, -0.2) is 54.9 Å². The van der Waals surface area contributed by atoms with Gasteiger partial charge in [-0.15, -0.1) is 0 Å². The number of carbonyl (C=O) groups excluding carboxylic acids is 1. The summed E-state index contributed by atoms with van der Waals surface area (Å²) in [6.45, 7) is 4.85. The molecule has 1 unspecified atom stereocenters. The Balaban J connectivity index is 1.53. The van der Waals surface area contributed by atoms with Crippen LogP contribution in [0.2, 0.25) is 0 Å². The molecule has 1 amide bonds. The summed E-state index contributed by atoms with van der Waals surface area (Å²) in [5, 5.41) is 11.2. The standard InChI is InChI=1S/C21H31NO4/c1-16-15-22(11-10-21(16,24)18-8-12-26-13-9-18)20(23)7-6-17-4-3-5-19(14-17)25-2/h3-5,14,16,18,24H,6-13,15H2,1-2H3/t16?,21-/m0/s1. The molecule has 0 radical (unpaired) electrons. The van der Waals surface area contributed by atoms with Crippen molar-refractivity contribution in [3.05, 3.63) is 29.8 Å². The normalized spacial score (nSPS) is 27.3. The first-order chi connectivity index (χ1) is 12.5. The Morgan fingerprint density at radius 2 is 2.15 bits per heavy atom. The zero-order valence-electron chi connectivity index (χ0n) is 15.9. The molecule has 5 nitrogen and oxygen atoms in total. The molecule has 2 fully saturated rings. The first-order valence-corrected chi connectivity index (χ1v) is 9.73. The van der Waals surface area contributed by atoms with Gasteiger partial charge in [0.25, 0.3) is 0 Å². The fourth-order valence-corrected chi connectivity index (χ4v) is 4.41. The van der Waals surface area contributed by atoms with Crippen LogP contribution in [0, 0.1) is 11.8 Å². The number of likely N-dealkylation sites (tertiary alicyclic amines) is 1. The molecule has 0 saturated carbocycles. The number of aryl methyl sites for hydroxylation is 1. The molecule has 2 saturated heterocycles. The third kappa shape index (κ3) is 4.21. The van der Waals surface area contributed by atoms with E-state index in [9.17, 15) is 9.90 Å². The molecule has 0 bridgehead atoms. The summed E-state index contributed by atoms with van der Waals surface area (Å²) in [7, 11) is 1.65. The van der Waals surface area contributed by atoms with Crippen LogP contribution in [0.4, 0.5) is 0 Å². The van der Waals surface area contributed by atoms with Crippen LogP contribution >= 0.6 is 0 Å². The molecule has 0 aliphatic carbocycles. The van der Waals surface area contributed by atoms with Crippen molar-refractivity contribution in [3.8, 4) is 5.75 Å². The maximum absolute atomic E-state index is 12.7. The van der Waals surface area contributed by atoms with Crippen LogP contribution < -0.4 is 4.74 Å². The van der Waals surface area contributed by atoms with E-state index < -0.39 is 5.60 Å². The lowest BCUT2D eigenvalue weighted by molar-refractivity contribution is -0.151. The van der Waals surface area contributed by atoms with Gasteiger partial charge in [-0.1, -0.05) is 19.1 Å². The highest BCUT2D eigenvalue weighted by Gasteiger charge is 2.45. The van der Waals surface area contributed by atoms with Crippen molar-refractivity contribution in [3.63, 3.8) is 0 Å². The Hall–Kier alpha value is -1.59. The molecule has 1 aromatic carbocycles. The lowest BCUT2D eigenvalue weighted by Gasteiger charge is -2.48. The van der Waals surface area contributed by atoms with Crippen LogP contribution in [0.1, 0.15) is 38.2 Å². The van der Waals surface area contributed by atoms with E-state index in [0.29, 0.717) is 38.3 Å². The summed E-state index contributed by atoms with van der Waals surface area (Å²) < 4.78 is 10.7. The van der Waals surface area contributed by atoms with Gasteiger partial charge in [-0.3, -0.25) is 4.79 Å². The highest BCUT2D eigenvalue weighted by molar-refractivity contribution is 5.76. The largest absolute Gasteiger partial charge is 0.497 e. The zero-order chi connectivity index (χ0) is 18.6. The Bertz CT molecular complexity index is 614. The molecular weight excluding hydrogens is 330 g/mol. The number of hydrogen-bond acceptors (Lipinski definition) is 4. The van der Waals surface area contributed by atoms with E-state index in [-0.39, 0.29) is 11.8 Å². The molecule has 2 heterocycles. The molecule has 3 rings (SSSR count).